The number of primary amides is 2. The molecular formula is C75H117N13O17S. The van der Waals surface area contributed by atoms with Crippen molar-refractivity contribution in [1.29, 1.82) is 0 Å². The highest BCUT2D eigenvalue weighted by atomic mass is 32.2. The molecule has 30 nitrogen and oxygen atoms in total. The molecule has 11 N–H and O–H groups in total. The number of hydrogen-bond acceptors (Lipinski definition) is 19. The van der Waals surface area contributed by atoms with Crippen LogP contribution in [0.2, 0.25) is 0 Å². The Labute approximate surface area is 628 Å². The molecule has 1 aliphatic carbocycles. The number of unbranched alkanes of at least 4 members (excludes halogenated alkanes) is 2. The molecule has 13 amide bonds. The van der Waals surface area contributed by atoms with E-state index in [0.29, 0.717) is 73.4 Å². The van der Waals surface area contributed by atoms with E-state index in [1.165, 1.54) is 54.8 Å². The predicted molar refractivity (Wildman–Crippen MR) is 401 cm³/mol. The first kappa shape index (κ1) is 88.1. The van der Waals surface area contributed by atoms with Gasteiger partial charge in [0.15, 0.2) is 0 Å². The van der Waals surface area contributed by atoms with Crippen molar-refractivity contribution in [1.82, 2.24) is 46.2 Å². The van der Waals surface area contributed by atoms with E-state index in [9.17, 15) is 62.7 Å². The summed E-state index contributed by atoms with van der Waals surface area (Å²) in [5, 5.41) is 29.7. The Bertz CT molecular complexity index is 3370. The highest BCUT2D eigenvalue weighted by molar-refractivity contribution is 8.00. The molecule has 1 unspecified atom stereocenters. The van der Waals surface area contributed by atoms with Crippen LogP contribution in [0, 0.1) is 35.0 Å². The number of nitrogens with two attached hydrogens (primary N) is 2. The number of carbonyl (C=O) groups excluding carboxylic acids is 12. The largest absolute Gasteiger partial charge is 0.497 e. The summed E-state index contributed by atoms with van der Waals surface area (Å²) in [7, 11) is 7.56. The lowest BCUT2D eigenvalue weighted by molar-refractivity contribution is -0.148. The maximum atomic E-state index is 14.9. The Morgan fingerprint density at radius 3 is 2.04 bits per heavy atom. The molecule has 2 aromatic rings. The quantitative estimate of drug-likeness (QED) is 0.0124. The normalized spacial score (nSPS) is 18.5. The van der Waals surface area contributed by atoms with Gasteiger partial charge in [0.25, 0.3) is 0 Å². The summed E-state index contributed by atoms with van der Waals surface area (Å²) < 4.78 is 23.2. The number of likely N-dealkylation sites (tertiary alicyclic amines) is 2. The fraction of sp³-hybridized carbons (Fsp3) is 0.667. The van der Waals surface area contributed by atoms with Crippen molar-refractivity contribution < 1.29 is 81.7 Å². The van der Waals surface area contributed by atoms with E-state index < -0.39 is 125 Å². The van der Waals surface area contributed by atoms with Gasteiger partial charge in [-0.25, -0.2) is 9.59 Å². The van der Waals surface area contributed by atoms with Gasteiger partial charge >= 0.3 is 12.1 Å². The monoisotopic (exact) mass is 1500 g/mol. The first-order valence-corrected chi connectivity index (χ1v) is 38.0. The summed E-state index contributed by atoms with van der Waals surface area (Å²) in [4.78, 5) is 167. The van der Waals surface area contributed by atoms with Crippen LogP contribution in [0.1, 0.15) is 170 Å². The van der Waals surface area contributed by atoms with Crippen LogP contribution < -0.4 is 48.1 Å². The Balaban J connectivity index is 1.15. The van der Waals surface area contributed by atoms with Gasteiger partial charge in [0.1, 0.15) is 42.2 Å². The van der Waals surface area contributed by atoms with Gasteiger partial charge in [-0.2, -0.15) is 0 Å². The molecule has 2 aromatic carbocycles. The molecule has 590 valence electrons. The zero-order chi connectivity index (χ0) is 78.9. The van der Waals surface area contributed by atoms with Crippen LogP contribution in [0.5, 0.6) is 5.75 Å². The van der Waals surface area contributed by atoms with Crippen molar-refractivity contribution >= 4 is 94.4 Å². The van der Waals surface area contributed by atoms with Crippen LogP contribution in [0.3, 0.4) is 0 Å². The average molecular weight is 1500 g/mol. The summed E-state index contributed by atoms with van der Waals surface area (Å²) in [6.45, 7) is 18.4. The van der Waals surface area contributed by atoms with Crippen molar-refractivity contribution in [2.75, 3.05) is 66.1 Å². The molecule has 2 saturated heterocycles. The molecule has 5 rings (SSSR count). The summed E-state index contributed by atoms with van der Waals surface area (Å²) in [6.07, 6.45) is 3.20. The molecule has 3 aliphatic rings. The minimum absolute atomic E-state index is 0.0576. The number of imide groups is 1. The van der Waals surface area contributed by atoms with Crippen molar-refractivity contribution in [2.45, 2.75) is 225 Å². The van der Waals surface area contributed by atoms with Gasteiger partial charge in [0, 0.05) is 84.2 Å². The number of rotatable bonds is 44. The number of hydrogen-bond donors (Lipinski definition) is 9. The second-order valence-electron chi connectivity index (χ2n) is 29.4. The molecule has 0 spiro atoms. The Morgan fingerprint density at radius 2 is 1.45 bits per heavy atom. The average Bonchev–Trinajstić information content (AvgIpc) is 1.61. The molecule has 12 atom stereocenters. The minimum atomic E-state index is -1.14. The van der Waals surface area contributed by atoms with Gasteiger partial charge in [0.2, 0.25) is 59.1 Å². The molecule has 31 heteroatoms. The maximum absolute atomic E-state index is 14.9. The third-order valence-corrected chi connectivity index (χ3v) is 21.9. The van der Waals surface area contributed by atoms with Gasteiger partial charge in [0.05, 0.1) is 55.0 Å². The molecule has 0 bridgehead atoms. The molecule has 0 radical (unpaired) electrons. The van der Waals surface area contributed by atoms with Gasteiger partial charge in [-0.15, -0.1) is 11.8 Å². The van der Waals surface area contributed by atoms with Crippen LogP contribution in [0.25, 0.3) is 0 Å². The first-order chi connectivity index (χ1) is 50.2. The van der Waals surface area contributed by atoms with Crippen molar-refractivity contribution in [3.63, 3.8) is 0 Å². The van der Waals surface area contributed by atoms with Crippen LogP contribution in [-0.4, -0.2) is 222 Å². The number of oxime groups is 1. The number of nitrogens with zero attached hydrogens (tertiary/aromatic N) is 5. The second-order valence-corrected chi connectivity index (χ2v) is 30.6. The van der Waals surface area contributed by atoms with E-state index >= 15 is 0 Å². The fourth-order valence-corrected chi connectivity index (χ4v) is 15.3. The SMILES string of the molecule is CC[C@H](C)[C@@H]([C@@H](CC(=O)N1CCC[C@H]1[C@H](OC)[C@@H](C)C(=O)N[C@H](C)/C(=N/O)c1cccc(OC)c1)OC)N(C)C(=O)[C@@H](NC(=O)[C@H](C(C)C)N(C)C(=O)OCc1ccc(NC(=O)[C@H](CCCNC(N)=O)NC(=O)[C@@H](NC(=O)CCCCCN2C(=O)CC(SCC3(CC(N)=O)CC3)C2=O)C(C)C)cc1)C(C)C. The second kappa shape index (κ2) is 42.1. The molecule has 0 aromatic heterocycles. The van der Waals surface area contributed by atoms with Crippen LogP contribution >= 0.6 is 11.8 Å². The lowest BCUT2D eigenvalue weighted by atomic mass is 9.89. The van der Waals surface area contributed by atoms with E-state index in [-0.39, 0.29) is 105 Å². The molecule has 2 aliphatic heterocycles. The number of thioether (sulfide) groups is 1. The Morgan fingerprint density at radius 1 is 0.774 bits per heavy atom. The van der Waals surface area contributed by atoms with Gasteiger partial charge < -0.3 is 77.3 Å². The lowest BCUT2D eigenvalue weighted by Gasteiger charge is -2.41. The zero-order valence-electron chi connectivity index (χ0n) is 64.5. The van der Waals surface area contributed by atoms with E-state index in [2.05, 4.69) is 37.1 Å². The van der Waals surface area contributed by atoms with Crippen LogP contribution in [0.4, 0.5) is 15.3 Å². The summed E-state index contributed by atoms with van der Waals surface area (Å²) >= 11 is 1.40. The molecule has 2 heterocycles. The molecular weight excluding hydrogens is 1390 g/mol. The van der Waals surface area contributed by atoms with Crippen molar-refractivity contribution in [3.8, 4) is 5.75 Å². The number of likely N-dealkylation sites (N-methyl/N-ethyl adjacent to an activating group) is 2. The predicted octanol–water partition coefficient (Wildman–Crippen LogP) is 5.82. The van der Waals surface area contributed by atoms with Gasteiger partial charge in [-0.1, -0.05) is 105 Å². The van der Waals surface area contributed by atoms with Crippen LogP contribution in [0.15, 0.2) is 53.7 Å². The van der Waals surface area contributed by atoms with Crippen molar-refractivity contribution in [3.05, 3.63) is 59.7 Å². The molecule has 3 fully saturated rings. The highest BCUT2D eigenvalue weighted by Crippen LogP contribution is 2.52. The Hall–Kier alpha value is -8.58. The number of amides is 13. The van der Waals surface area contributed by atoms with Gasteiger partial charge in [-0.3, -0.25) is 57.7 Å². The minimum Gasteiger partial charge on any atom is -0.497 e. The third-order valence-electron chi connectivity index (χ3n) is 20.4. The maximum Gasteiger partial charge on any atom is 0.410 e. The van der Waals surface area contributed by atoms with E-state index in [0.717, 1.165) is 12.8 Å². The summed E-state index contributed by atoms with van der Waals surface area (Å²) in [5.74, 6) is -5.31. The van der Waals surface area contributed by atoms with Crippen LogP contribution in [-0.2, 0) is 68.8 Å². The van der Waals surface area contributed by atoms with E-state index in [1.54, 1.807) is 116 Å². The lowest BCUT2D eigenvalue weighted by Crippen LogP contribution is -2.60. The van der Waals surface area contributed by atoms with E-state index in [4.69, 9.17) is 30.4 Å². The Kier molecular flexibility index (Phi) is 35.0. The topological polar surface area (TPSA) is 412 Å². The smallest absolute Gasteiger partial charge is 0.410 e. The standard InChI is InChI=1S/C75H117N13O17S/c1-16-46(8)65(55(103-14)38-59(91)87-36-22-26-54(87)66(104-15)47(9)67(93)79-48(10)63(84-101)50-23-20-24-52(37-50)102-13)85(11)72(98)62(44(4)5)83-70(96)64(45(6)7)86(12)74(100)105-41-49-28-30-51(31-29-49)80-68(94)53(25-21-34-78-73(77)99)81-69(95)61(43(2)3)82-58(90)27-18-17-19-35-88-60(92)39-56(71(88)97)106-42-75(32-33-75)40-57(76)89/h20,23-24,28-31,37,43-48,53-56,61-62,64-66,101H,16-19,21-22,25-27,32-36,38-42H2,1-15H3,(H2,76,89)(H,79,93)(H,80,94)(H,81,95)(H,82,90)(H,83,96)(H3,77,78,99)/b84-63-/t46-,47+,48+,53-,54-,55+,56?,61-,62-,64-,65-,66+/m0/s1. The van der Waals surface area contributed by atoms with Gasteiger partial charge in [-0.05, 0) is 117 Å². The number of anilines is 1. The fourth-order valence-electron chi connectivity index (χ4n) is 13.8. The zero-order valence-corrected chi connectivity index (χ0v) is 65.3. The molecule has 106 heavy (non-hydrogen) atoms. The third kappa shape index (κ3) is 25.3. The number of benzene rings is 2. The number of nitrogens with one attached hydrogen (secondary N) is 6. The summed E-state index contributed by atoms with van der Waals surface area (Å²) in [6, 6.07) is 6.32. The number of ether oxygens (including phenoxy) is 4. The number of methoxy groups -OCH3 is 3. The molecule has 1 saturated carbocycles. The highest BCUT2D eigenvalue weighted by Gasteiger charge is 2.48. The number of carbonyl (C=O) groups is 12. The van der Waals surface area contributed by atoms with E-state index in [1.807, 2.05) is 13.8 Å². The first-order valence-electron chi connectivity index (χ1n) is 36.9. The summed E-state index contributed by atoms with van der Waals surface area (Å²) in [5.41, 5.74) is 12.1. The van der Waals surface area contributed by atoms with Crippen molar-refractivity contribution in [2.24, 2.45) is 51.6 Å². The number of urea groups is 1.